The molecule has 20 heavy (non-hydrogen) atoms. The number of nitrogens with zero attached hydrogens (tertiary/aromatic N) is 1. The fraction of sp³-hybridized carbons (Fsp3) is 0.600. The van der Waals surface area contributed by atoms with E-state index < -0.39 is 10.0 Å². The molecule has 5 heteroatoms. The molecule has 1 aliphatic carbocycles. The van der Waals surface area contributed by atoms with Gasteiger partial charge in [0.25, 0.3) is 0 Å². The molecule has 1 N–H and O–H groups in total. The van der Waals surface area contributed by atoms with Gasteiger partial charge >= 0.3 is 0 Å². The summed E-state index contributed by atoms with van der Waals surface area (Å²) in [5.41, 5.74) is 0.737. The van der Waals surface area contributed by atoms with E-state index in [4.69, 9.17) is 5.11 Å². The highest BCUT2D eigenvalue weighted by Crippen LogP contribution is 2.39. The molecule has 1 aromatic carbocycles. The minimum Gasteiger partial charge on any atom is -0.392 e. The van der Waals surface area contributed by atoms with Crippen molar-refractivity contribution in [3.63, 3.8) is 0 Å². The molecule has 110 valence electrons. The van der Waals surface area contributed by atoms with Crippen LogP contribution in [0.5, 0.6) is 0 Å². The van der Waals surface area contributed by atoms with E-state index in [2.05, 4.69) is 0 Å². The average molecular weight is 295 g/mol. The summed E-state index contributed by atoms with van der Waals surface area (Å²) >= 11 is 0. The van der Waals surface area contributed by atoms with Crippen molar-refractivity contribution in [3.05, 3.63) is 29.8 Å². The van der Waals surface area contributed by atoms with Gasteiger partial charge in [0.15, 0.2) is 0 Å². The highest BCUT2D eigenvalue weighted by Gasteiger charge is 2.41. The van der Waals surface area contributed by atoms with Gasteiger partial charge < -0.3 is 5.11 Å². The monoisotopic (exact) mass is 295 g/mol. The summed E-state index contributed by atoms with van der Waals surface area (Å²) in [6, 6.07) is 6.79. The fourth-order valence-corrected chi connectivity index (χ4v) is 5.36. The van der Waals surface area contributed by atoms with Gasteiger partial charge in [-0.1, -0.05) is 18.6 Å². The fourth-order valence-electron chi connectivity index (χ4n) is 3.61. The summed E-state index contributed by atoms with van der Waals surface area (Å²) in [4.78, 5) is 0.349. The Morgan fingerprint density at radius 3 is 2.50 bits per heavy atom. The maximum atomic E-state index is 12.8. The van der Waals surface area contributed by atoms with Crippen LogP contribution in [0.3, 0.4) is 0 Å². The summed E-state index contributed by atoms with van der Waals surface area (Å²) in [5, 5.41) is 9.04. The predicted octanol–water partition coefficient (Wildman–Crippen LogP) is 2.13. The van der Waals surface area contributed by atoms with E-state index >= 15 is 0 Å². The van der Waals surface area contributed by atoms with E-state index in [-0.39, 0.29) is 12.6 Å². The van der Waals surface area contributed by atoms with Crippen molar-refractivity contribution in [2.75, 3.05) is 6.54 Å². The second-order valence-electron chi connectivity index (χ2n) is 5.82. The first-order valence-corrected chi connectivity index (χ1v) is 8.78. The molecule has 0 radical (unpaired) electrons. The number of hydrogen-bond donors (Lipinski definition) is 1. The Morgan fingerprint density at radius 2 is 1.80 bits per heavy atom. The third-order valence-corrected chi connectivity index (χ3v) is 6.59. The van der Waals surface area contributed by atoms with Crippen LogP contribution in [-0.4, -0.2) is 30.4 Å². The van der Waals surface area contributed by atoms with Gasteiger partial charge in [0.05, 0.1) is 11.5 Å². The summed E-state index contributed by atoms with van der Waals surface area (Å²) in [5.74, 6) is 0.551. The van der Waals surface area contributed by atoms with Crippen LogP contribution in [0, 0.1) is 5.92 Å². The lowest BCUT2D eigenvalue weighted by molar-refractivity contribution is 0.202. The molecule has 1 aromatic rings. The lowest BCUT2D eigenvalue weighted by Crippen LogP contribution is -2.46. The highest BCUT2D eigenvalue weighted by molar-refractivity contribution is 7.89. The number of sulfonamides is 1. The van der Waals surface area contributed by atoms with Crippen LogP contribution in [0.1, 0.15) is 37.7 Å². The SMILES string of the molecule is O=S(=O)(c1ccc(CO)cc1)N1CCCC2CCCC21. The Bertz CT molecular complexity index is 567. The first-order chi connectivity index (χ1) is 9.63. The van der Waals surface area contributed by atoms with Crippen molar-refractivity contribution in [1.82, 2.24) is 4.31 Å². The zero-order chi connectivity index (χ0) is 14.2. The van der Waals surface area contributed by atoms with Gasteiger partial charge in [-0.15, -0.1) is 0 Å². The largest absolute Gasteiger partial charge is 0.392 e. The Balaban J connectivity index is 1.89. The number of rotatable bonds is 3. The van der Waals surface area contributed by atoms with E-state index in [1.165, 1.54) is 12.8 Å². The van der Waals surface area contributed by atoms with Crippen LogP contribution in [0.25, 0.3) is 0 Å². The molecule has 1 saturated carbocycles. The van der Waals surface area contributed by atoms with Crippen molar-refractivity contribution in [3.8, 4) is 0 Å². The molecule has 1 saturated heterocycles. The van der Waals surface area contributed by atoms with Crippen LogP contribution < -0.4 is 0 Å². The van der Waals surface area contributed by atoms with Crippen molar-refractivity contribution in [1.29, 1.82) is 0 Å². The number of benzene rings is 1. The van der Waals surface area contributed by atoms with Gasteiger partial charge in [0.2, 0.25) is 10.0 Å². The second-order valence-corrected chi connectivity index (χ2v) is 7.71. The highest BCUT2D eigenvalue weighted by atomic mass is 32.2. The molecule has 0 spiro atoms. The minimum atomic E-state index is -3.39. The summed E-state index contributed by atoms with van der Waals surface area (Å²) in [7, 11) is -3.39. The molecule has 2 atom stereocenters. The normalized spacial score (nSPS) is 27.4. The molecule has 3 rings (SSSR count). The van der Waals surface area contributed by atoms with Crippen molar-refractivity contribution < 1.29 is 13.5 Å². The standard InChI is InChI=1S/C15H21NO3S/c17-11-12-6-8-14(9-7-12)20(18,19)16-10-2-4-13-3-1-5-15(13)16/h6-9,13,15,17H,1-5,10-11H2. The van der Waals surface area contributed by atoms with Crippen LogP contribution in [0.2, 0.25) is 0 Å². The molecule has 2 unspecified atom stereocenters. The molecule has 1 aliphatic heterocycles. The molecule has 1 heterocycles. The smallest absolute Gasteiger partial charge is 0.243 e. The number of aliphatic hydroxyl groups excluding tert-OH is 1. The van der Waals surface area contributed by atoms with Crippen molar-refractivity contribution in [2.45, 2.75) is 49.6 Å². The quantitative estimate of drug-likeness (QED) is 0.929. The molecule has 2 fully saturated rings. The van der Waals surface area contributed by atoms with Crippen LogP contribution in [-0.2, 0) is 16.6 Å². The van der Waals surface area contributed by atoms with Crippen molar-refractivity contribution in [2.24, 2.45) is 5.92 Å². The Hall–Kier alpha value is -0.910. The molecular formula is C15H21NO3S. The van der Waals surface area contributed by atoms with Gasteiger partial charge in [0.1, 0.15) is 0 Å². The topological polar surface area (TPSA) is 57.6 Å². The van der Waals surface area contributed by atoms with E-state index in [9.17, 15) is 8.42 Å². The molecule has 0 aromatic heterocycles. The Labute approximate surface area is 120 Å². The van der Waals surface area contributed by atoms with Crippen molar-refractivity contribution >= 4 is 10.0 Å². The van der Waals surface area contributed by atoms with E-state index in [1.54, 1.807) is 28.6 Å². The van der Waals surface area contributed by atoms with Gasteiger partial charge in [-0.25, -0.2) is 8.42 Å². The van der Waals surface area contributed by atoms with E-state index in [0.29, 0.717) is 17.4 Å². The first kappa shape index (κ1) is 14.0. The number of piperidine rings is 1. The lowest BCUT2D eigenvalue weighted by Gasteiger charge is -2.36. The summed E-state index contributed by atoms with van der Waals surface area (Å²) in [6.07, 6.45) is 5.44. The second kappa shape index (κ2) is 5.47. The Morgan fingerprint density at radius 1 is 1.10 bits per heavy atom. The minimum absolute atomic E-state index is 0.0608. The molecule has 2 aliphatic rings. The van der Waals surface area contributed by atoms with Crippen LogP contribution in [0.15, 0.2) is 29.2 Å². The van der Waals surface area contributed by atoms with E-state index in [0.717, 1.165) is 24.8 Å². The molecule has 4 nitrogen and oxygen atoms in total. The maximum Gasteiger partial charge on any atom is 0.243 e. The zero-order valence-corrected chi connectivity index (χ0v) is 12.3. The van der Waals surface area contributed by atoms with Gasteiger partial charge in [-0.05, 0) is 49.3 Å². The lowest BCUT2D eigenvalue weighted by atomic mass is 9.94. The van der Waals surface area contributed by atoms with Gasteiger partial charge in [0, 0.05) is 12.6 Å². The van der Waals surface area contributed by atoms with Gasteiger partial charge in [-0.3, -0.25) is 0 Å². The average Bonchev–Trinajstić information content (AvgIpc) is 2.95. The third-order valence-electron chi connectivity index (χ3n) is 4.65. The first-order valence-electron chi connectivity index (χ1n) is 7.34. The summed E-state index contributed by atoms with van der Waals surface area (Å²) in [6.45, 7) is 0.583. The van der Waals surface area contributed by atoms with Crippen LogP contribution >= 0.6 is 0 Å². The number of aliphatic hydroxyl groups is 1. The Kier molecular flexibility index (Phi) is 3.84. The number of fused-ring (bicyclic) bond motifs is 1. The third kappa shape index (κ3) is 2.38. The predicted molar refractivity (Wildman–Crippen MR) is 76.6 cm³/mol. The maximum absolute atomic E-state index is 12.8. The number of hydrogen-bond acceptors (Lipinski definition) is 3. The van der Waals surface area contributed by atoms with Gasteiger partial charge in [-0.2, -0.15) is 4.31 Å². The molecule has 0 bridgehead atoms. The summed E-state index contributed by atoms with van der Waals surface area (Å²) < 4.78 is 27.3. The molecular weight excluding hydrogens is 274 g/mol. The zero-order valence-electron chi connectivity index (χ0n) is 11.5. The van der Waals surface area contributed by atoms with Crippen LogP contribution in [0.4, 0.5) is 0 Å². The molecule has 0 amide bonds. The van der Waals surface area contributed by atoms with E-state index in [1.807, 2.05) is 0 Å².